The normalized spacial score (nSPS) is 10.6. The Labute approximate surface area is 84.6 Å². The van der Waals surface area contributed by atoms with Crippen molar-refractivity contribution in [3.05, 3.63) is 35.4 Å². The lowest BCUT2D eigenvalue weighted by molar-refractivity contribution is -0.131. The lowest BCUT2D eigenvalue weighted by atomic mass is 10.2. The number of carbonyl (C=O) groups is 1. The van der Waals surface area contributed by atoms with Gasteiger partial charge in [0.1, 0.15) is 5.82 Å². The van der Waals surface area contributed by atoms with E-state index in [0.717, 1.165) is 18.2 Å². The quantitative estimate of drug-likeness (QED) is 0.783. The lowest BCUT2D eigenvalue weighted by Gasteiger charge is -2.03. The summed E-state index contributed by atoms with van der Waals surface area (Å²) >= 11 is 0. The molecule has 3 nitrogen and oxygen atoms in total. The number of methoxy groups -OCH3 is 1. The van der Waals surface area contributed by atoms with Crippen LogP contribution in [0.5, 0.6) is 5.75 Å². The smallest absolute Gasteiger partial charge is 0.328 e. The largest absolute Gasteiger partial charge is 0.494 e. The highest BCUT2D eigenvalue weighted by Crippen LogP contribution is 2.22. The molecule has 1 N–H and O–H groups in total. The predicted molar refractivity (Wildman–Crippen MR) is 49.6 cm³/mol. The van der Waals surface area contributed by atoms with Gasteiger partial charge in [-0.3, -0.25) is 0 Å². The Bertz CT molecular complexity index is 413. The number of carboxylic acid groups (broad SMARTS) is 1. The molecule has 0 aliphatic rings. The Hall–Kier alpha value is -1.91. The number of hydrogen-bond donors (Lipinski definition) is 1. The predicted octanol–water partition coefficient (Wildman–Crippen LogP) is 2.07. The summed E-state index contributed by atoms with van der Waals surface area (Å²) in [6.07, 6.45) is 1.79. The van der Waals surface area contributed by atoms with Crippen LogP contribution < -0.4 is 4.74 Å². The average Bonchev–Trinajstić information content (AvgIpc) is 2.16. The number of rotatable bonds is 3. The van der Waals surface area contributed by atoms with Crippen molar-refractivity contribution in [2.24, 2.45) is 0 Å². The molecule has 0 heterocycles. The monoisotopic (exact) mass is 214 g/mol. The highest BCUT2D eigenvalue weighted by Gasteiger charge is 2.08. The number of benzene rings is 1. The van der Waals surface area contributed by atoms with Crippen molar-refractivity contribution in [2.45, 2.75) is 0 Å². The fraction of sp³-hybridized carbons (Fsp3) is 0.100. The van der Waals surface area contributed by atoms with E-state index < -0.39 is 17.6 Å². The number of halogens is 2. The minimum Gasteiger partial charge on any atom is -0.494 e. The third-order valence-corrected chi connectivity index (χ3v) is 1.68. The first-order chi connectivity index (χ1) is 7.04. The highest BCUT2D eigenvalue weighted by molar-refractivity contribution is 5.85. The highest BCUT2D eigenvalue weighted by atomic mass is 19.1. The molecular weight excluding hydrogens is 206 g/mol. The zero-order chi connectivity index (χ0) is 11.4. The number of hydrogen-bond acceptors (Lipinski definition) is 2. The standard InChI is InChI=1S/C10H8F2O3/c1-15-9-4-6(2-3-10(13)14)7(11)5-8(9)12/h2-5H,1H3,(H,13,14)/b3-2+. The summed E-state index contributed by atoms with van der Waals surface area (Å²) in [6.45, 7) is 0. The van der Waals surface area contributed by atoms with Gasteiger partial charge in [0.25, 0.3) is 0 Å². The van der Waals surface area contributed by atoms with Gasteiger partial charge in [0.05, 0.1) is 7.11 Å². The van der Waals surface area contributed by atoms with E-state index in [1.54, 1.807) is 0 Å². The molecule has 80 valence electrons. The van der Waals surface area contributed by atoms with Gasteiger partial charge in [-0.1, -0.05) is 0 Å². The van der Waals surface area contributed by atoms with Crippen molar-refractivity contribution >= 4 is 12.0 Å². The molecule has 0 unspecified atom stereocenters. The van der Waals surface area contributed by atoms with Crippen LogP contribution in [0.15, 0.2) is 18.2 Å². The molecule has 0 spiro atoms. The maximum atomic E-state index is 13.1. The molecular formula is C10H8F2O3. The summed E-state index contributed by atoms with van der Waals surface area (Å²) < 4.78 is 30.6. The van der Waals surface area contributed by atoms with Gasteiger partial charge < -0.3 is 9.84 Å². The molecule has 0 atom stereocenters. The first-order valence-corrected chi connectivity index (χ1v) is 3.98. The van der Waals surface area contributed by atoms with Crippen LogP contribution >= 0.6 is 0 Å². The molecule has 0 aliphatic carbocycles. The minimum absolute atomic E-state index is 0.0457. The van der Waals surface area contributed by atoms with Crippen LogP contribution in [0, 0.1) is 11.6 Å². The van der Waals surface area contributed by atoms with Crippen LogP contribution in [-0.2, 0) is 4.79 Å². The van der Waals surface area contributed by atoms with Crippen molar-refractivity contribution in [3.8, 4) is 5.75 Å². The van der Waals surface area contributed by atoms with E-state index in [1.807, 2.05) is 0 Å². The third-order valence-electron chi connectivity index (χ3n) is 1.68. The van der Waals surface area contributed by atoms with E-state index in [9.17, 15) is 13.6 Å². The molecule has 0 bridgehead atoms. The molecule has 15 heavy (non-hydrogen) atoms. The molecule has 0 fully saturated rings. The molecule has 0 amide bonds. The maximum absolute atomic E-state index is 13.1. The summed E-state index contributed by atoms with van der Waals surface area (Å²) in [5.74, 6) is -3.02. The van der Waals surface area contributed by atoms with Crippen molar-refractivity contribution in [1.29, 1.82) is 0 Å². The Kier molecular flexibility index (Phi) is 3.38. The molecule has 0 aromatic heterocycles. The summed E-state index contributed by atoms with van der Waals surface area (Å²) in [7, 11) is 1.24. The first kappa shape index (κ1) is 11.2. The number of ether oxygens (including phenoxy) is 1. The SMILES string of the molecule is COc1cc(/C=C/C(=O)O)c(F)cc1F. The van der Waals surface area contributed by atoms with E-state index >= 15 is 0 Å². The summed E-state index contributed by atoms with van der Waals surface area (Å²) in [4.78, 5) is 10.2. The van der Waals surface area contributed by atoms with Crippen LogP contribution in [-0.4, -0.2) is 18.2 Å². The van der Waals surface area contributed by atoms with Crippen LogP contribution in [0.1, 0.15) is 5.56 Å². The lowest BCUT2D eigenvalue weighted by Crippen LogP contribution is -1.93. The molecule has 0 saturated carbocycles. The van der Waals surface area contributed by atoms with Gasteiger partial charge >= 0.3 is 5.97 Å². The van der Waals surface area contributed by atoms with Crippen LogP contribution in [0.2, 0.25) is 0 Å². The number of aliphatic carboxylic acids is 1. The minimum atomic E-state index is -1.21. The first-order valence-electron chi connectivity index (χ1n) is 3.98. The van der Waals surface area contributed by atoms with Crippen molar-refractivity contribution < 1.29 is 23.4 Å². The van der Waals surface area contributed by atoms with Gasteiger partial charge in [-0.15, -0.1) is 0 Å². The van der Waals surface area contributed by atoms with Gasteiger partial charge in [-0.2, -0.15) is 0 Å². The Morgan fingerprint density at radius 2 is 2.07 bits per heavy atom. The topological polar surface area (TPSA) is 46.5 Å². The molecule has 1 rings (SSSR count). The van der Waals surface area contributed by atoms with E-state index in [4.69, 9.17) is 5.11 Å². The van der Waals surface area contributed by atoms with E-state index in [2.05, 4.69) is 4.74 Å². The van der Waals surface area contributed by atoms with Gasteiger partial charge in [0.15, 0.2) is 11.6 Å². The molecule has 0 saturated heterocycles. The van der Waals surface area contributed by atoms with Gasteiger partial charge in [0, 0.05) is 17.7 Å². The second-order valence-electron chi connectivity index (χ2n) is 2.68. The summed E-state index contributed by atoms with van der Waals surface area (Å²) in [6, 6.07) is 1.73. The summed E-state index contributed by atoms with van der Waals surface area (Å²) in [5.41, 5.74) is -0.0457. The molecule has 1 aromatic carbocycles. The van der Waals surface area contributed by atoms with Crippen molar-refractivity contribution in [2.75, 3.05) is 7.11 Å². The second-order valence-corrected chi connectivity index (χ2v) is 2.68. The van der Waals surface area contributed by atoms with E-state index in [1.165, 1.54) is 7.11 Å². The average molecular weight is 214 g/mol. The zero-order valence-electron chi connectivity index (χ0n) is 7.83. The van der Waals surface area contributed by atoms with Crippen molar-refractivity contribution in [1.82, 2.24) is 0 Å². The van der Waals surface area contributed by atoms with Gasteiger partial charge in [-0.25, -0.2) is 13.6 Å². The van der Waals surface area contributed by atoms with E-state index in [-0.39, 0.29) is 11.3 Å². The fourth-order valence-corrected chi connectivity index (χ4v) is 0.990. The number of carboxylic acids is 1. The Morgan fingerprint density at radius 3 is 2.60 bits per heavy atom. The molecule has 0 aliphatic heterocycles. The van der Waals surface area contributed by atoms with Gasteiger partial charge in [-0.05, 0) is 12.1 Å². The van der Waals surface area contributed by atoms with Crippen molar-refractivity contribution in [3.63, 3.8) is 0 Å². The van der Waals surface area contributed by atoms with Crippen LogP contribution in [0.25, 0.3) is 6.08 Å². The molecule has 5 heteroatoms. The van der Waals surface area contributed by atoms with Gasteiger partial charge in [0.2, 0.25) is 0 Å². The van der Waals surface area contributed by atoms with E-state index in [0.29, 0.717) is 6.07 Å². The Morgan fingerprint density at radius 1 is 1.40 bits per heavy atom. The Balaban J connectivity index is 3.13. The summed E-state index contributed by atoms with van der Waals surface area (Å²) in [5, 5.41) is 8.33. The molecule has 1 aromatic rings. The molecule has 0 radical (unpaired) electrons. The third kappa shape index (κ3) is 2.77. The van der Waals surface area contributed by atoms with Crippen LogP contribution in [0.3, 0.4) is 0 Å². The zero-order valence-corrected chi connectivity index (χ0v) is 7.83. The second kappa shape index (κ2) is 4.54. The van der Waals surface area contributed by atoms with Crippen LogP contribution in [0.4, 0.5) is 8.78 Å². The maximum Gasteiger partial charge on any atom is 0.328 e. The fourth-order valence-electron chi connectivity index (χ4n) is 0.990.